The second kappa shape index (κ2) is 40.0. The summed E-state index contributed by atoms with van der Waals surface area (Å²) in [4.78, 5) is 21.8. The predicted octanol–water partition coefficient (Wildman–Crippen LogP) is 13.8. The monoisotopic (exact) mass is 625 g/mol. The van der Waals surface area contributed by atoms with Gasteiger partial charge in [-0.25, -0.2) is 0 Å². The van der Waals surface area contributed by atoms with Crippen LogP contribution in [-0.2, 0) is 14.3 Å². The Labute approximate surface area is 276 Å². The summed E-state index contributed by atoms with van der Waals surface area (Å²) in [5.41, 5.74) is 0. The van der Waals surface area contributed by atoms with Crippen molar-refractivity contribution in [2.24, 2.45) is 5.92 Å². The van der Waals surface area contributed by atoms with Crippen LogP contribution in [0.15, 0.2) is 0 Å². The molecule has 0 heterocycles. The minimum atomic E-state index is -0.654. The van der Waals surface area contributed by atoms with Gasteiger partial charge < -0.3 is 9.84 Å². The van der Waals surface area contributed by atoms with E-state index in [0.717, 1.165) is 38.0 Å². The molecule has 0 unspecified atom stereocenters. The van der Waals surface area contributed by atoms with Crippen LogP contribution in [0.25, 0.3) is 0 Å². The van der Waals surface area contributed by atoms with Gasteiger partial charge in [-0.2, -0.15) is 0 Å². The standard InChI is InChI=1S/C22H44O2.C18H36O2/c1-3-5-7-8-9-10-11-12-13-14-15-16-17-18-19-20-22(23)24-21-6-4-2;1-17(2)15-13-11-9-7-5-3-4-6-8-10-12-14-16-18(19)20/h3-21H2,1-2H3;17H,3-16H2,1-2H3,(H,19,20). The summed E-state index contributed by atoms with van der Waals surface area (Å²) < 4.78 is 5.16. The lowest BCUT2D eigenvalue weighted by Crippen LogP contribution is -2.05. The van der Waals surface area contributed by atoms with Crippen molar-refractivity contribution in [2.75, 3.05) is 6.61 Å². The highest BCUT2D eigenvalue weighted by Gasteiger charge is 2.02. The Bertz CT molecular complexity index is 560. The average molecular weight is 625 g/mol. The Morgan fingerprint density at radius 3 is 1.11 bits per heavy atom. The van der Waals surface area contributed by atoms with Crippen LogP contribution < -0.4 is 0 Å². The lowest BCUT2D eigenvalue weighted by molar-refractivity contribution is -0.144. The van der Waals surface area contributed by atoms with E-state index in [1.807, 2.05) is 0 Å². The van der Waals surface area contributed by atoms with Crippen molar-refractivity contribution < 1.29 is 19.4 Å². The fourth-order valence-corrected chi connectivity index (χ4v) is 5.64. The molecule has 0 aromatic carbocycles. The van der Waals surface area contributed by atoms with Gasteiger partial charge in [-0.3, -0.25) is 9.59 Å². The molecule has 0 aliphatic carbocycles. The van der Waals surface area contributed by atoms with Gasteiger partial charge in [-0.1, -0.05) is 201 Å². The lowest BCUT2D eigenvalue weighted by atomic mass is 10.0. The first kappa shape index (κ1) is 45.1. The van der Waals surface area contributed by atoms with Crippen molar-refractivity contribution in [1.29, 1.82) is 0 Å². The third kappa shape index (κ3) is 45.4. The van der Waals surface area contributed by atoms with Gasteiger partial charge in [-0.05, 0) is 25.2 Å². The molecule has 0 rings (SSSR count). The van der Waals surface area contributed by atoms with Gasteiger partial charge in [0.15, 0.2) is 0 Å². The van der Waals surface area contributed by atoms with Gasteiger partial charge in [0.2, 0.25) is 0 Å². The molecule has 0 amide bonds. The molecular weight excluding hydrogens is 544 g/mol. The third-order valence-corrected chi connectivity index (χ3v) is 8.67. The summed E-state index contributed by atoms with van der Waals surface area (Å²) >= 11 is 0. The highest BCUT2D eigenvalue weighted by Crippen LogP contribution is 2.15. The average Bonchev–Trinajstić information content (AvgIpc) is 2.99. The molecule has 44 heavy (non-hydrogen) atoms. The predicted molar refractivity (Wildman–Crippen MR) is 193 cm³/mol. The molecule has 0 aromatic rings. The molecule has 0 aromatic heterocycles. The third-order valence-electron chi connectivity index (χ3n) is 8.67. The Morgan fingerprint density at radius 2 is 0.773 bits per heavy atom. The summed E-state index contributed by atoms with van der Waals surface area (Å²) in [6.07, 6.45) is 40.4. The van der Waals surface area contributed by atoms with Gasteiger partial charge in [-0.15, -0.1) is 0 Å². The van der Waals surface area contributed by atoms with E-state index < -0.39 is 5.97 Å². The number of esters is 1. The largest absolute Gasteiger partial charge is 0.481 e. The van der Waals surface area contributed by atoms with E-state index in [0.29, 0.717) is 19.4 Å². The molecule has 0 spiro atoms. The van der Waals surface area contributed by atoms with Crippen LogP contribution in [-0.4, -0.2) is 23.7 Å². The first-order valence-electron chi connectivity index (χ1n) is 19.8. The summed E-state index contributed by atoms with van der Waals surface area (Å²) in [6, 6.07) is 0. The molecule has 264 valence electrons. The first-order chi connectivity index (χ1) is 21.4. The summed E-state index contributed by atoms with van der Waals surface area (Å²) in [7, 11) is 0. The van der Waals surface area contributed by atoms with Crippen molar-refractivity contribution in [1.82, 2.24) is 0 Å². The van der Waals surface area contributed by atoms with Crippen LogP contribution in [0.1, 0.15) is 233 Å². The number of carbonyl (C=O) groups is 2. The molecule has 0 bridgehead atoms. The number of unbranched alkanes of at least 4 members (excludes halogenated alkanes) is 26. The van der Waals surface area contributed by atoms with Crippen LogP contribution in [0, 0.1) is 5.92 Å². The van der Waals surface area contributed by atoms with Crippen LogP contribution >= 0.6 is 0 Å². The minimum absolute atomic E-state index is 0.00172. The quantitative estimate of drug-likeness (QED) is 0.0571. The highest BCUT2D eigenvalue weighted by molar-refractivity contribution is 5.69. The van der Waals surface area contributed by atoms with Crippen molar-refractivity contribution in [3.63, 3.8) is 0 Å². The Morgan fingerprint density at radius 1 is 0.455 bits per heavy atom. The van der Waals surface area contributed by atoms with E-state index in [-0.39, 0.29) is 5.97 Å². The van der Waals surface area contributed by atoms with Gasteiger partial charge in [0, 0.05) is 12.8 Å². The minimum Gasteiger partial charge on any atom is -0.481 e. The number of ether oxygens (including phenoxy) is 1. The molecule has 0 atom stereocenters. The molecule has 0 saturated heterocycles. The van der Waals surface area contributed by atoms with E-state index in [1.165, 1.54) is 161 Å². The van der Waals surface area contributed by atoms with Crippen molar-refractivity contribution in [3.8, 4) is 0 Å². The second-order valence-electron chi connectivity index (χ2n) is 13.8. The summed E-state index contributed by atoms with van der Waals surface area (Å²) in [5.74, 6) is 0.210. The SMILES string of the molecule is CC(C)CCCCCCCCCCCCCCC(=O)O.CCCCCCCCCCCCCCCCCC(=O)OCCCC. The number of carboxylic acid groups (broad SMARTS) is 1. The smallest absolute Gasteiger partial charge is 0.305 e. The Balaban J connectivity index is 0. The van der Waals surface area contributed by atoms with Gasteiger partial charge in [0.1, 0.15) is 0 Å². The normalized spacial score (nSPS) is 11.0. The van der Waals surface area contributed by atoms with Gasteiger partial charge >= 0.3 is 11.9 Å². The lowest BCUT2D eigenvalue weighted by Gasteiger charge is -2.04. The Hall–Kier alpha value is -1.06. The molecule has 0 radical (unpaired) electrons. The van der Waals surface area contributed by atoms with Gasteiger partial charge in [0.05, 0.1) is 6.61 Å². The molecular formula is C40H80O4. The van der Waals surface area contributed by atoms with E-state index >= 15 is 0 Å². The van der Waals surface area contributed by atoms with E-state index in [1.54, 1.807) is 0 Å². The number of aliphatic carboxylic acids is 1. The number of hydrogen-bond donors (Lipinski definition) is 1. The molecule has 0 aliphatic rings. The zero-order valence-corrected chi connectivity index (χ0v) is 30.6. The van der Waals surface area contributed by atoms with Crippen molar-refractivity contribution >= 4 is 11.9 Å². The molecule has 0 saturated carbocycles. The summed E-state index contributed by atoms with van der Waals surface area (Å²) in [5, 5.41) is 8.52. The Kier molecular flexibility index (Phi) is 40.9. The first-order valence-corrected chi connectivity index (χ1v) is 19.8. The van der Waals surface area contributed by atoms with Crippen LogP contribution in [0.5, 0.6) is 0 Å². The maximum absolute atomic E-state index is 11.4. The fourth-order valence-electron chi connectivity index (χ4n) is 5.64. The van der Waals surface area contributed by atoms with E-state index in [2.05, 4.69) is 27.7 Å². The molecule has 4 nitrogen and oxygen atoms in total. The van der Waals surface area contributed by atoms with E-state index in [9.17, 15) is 9.59 Å². The number of hydrogen-bond acceptors (Lipinski definition) is 3. The topological polar surface area (TPSA) is 63.6 Å². The summed E-state index contributed by atoms with van der Waals surface area (Å²) in [6.45, 7) is 9.61. The zero-order chi connectivity index (χ0) is 32.8. The van der Waals surface area contributed by atoms with Crippen molar-refractivity contribution in [3.05, 3.63) is 0 Å². The van der Waals surface area contributed by atoms with Crippen molar-refractivity contribution in [2.45, 2.75) is 233 Å². The van der Waals surface area contributed by atoms with Gasteiger partial charge in [0.25, 0.3) is 0 Å². The maximum atomic E-state index is 11.4. The maximum Gasteiger partial charge on any atom is 0.305 e. The zero-order valence-electron chi connectivity index (χ0n) is 30.6. The number of carboxylic acids is 1. The molecule has 1 N–H and O–H groups in total. The van der Waals surface area contributed by atoms with E-state index in [4.69, 9.17) is 9.84 Å². The molecule has 0 fully saturated rings. The van der Waals surface area contributed by atoms with Crippen LogP contribution in [0.4, 0.5) is 0 Å². The number of carbonyl (C=O) groups excluding carboxylic acids is 1. The van der Waals surface area contributed by atoms with Crippen LogP contribution in [0.2, 0.25) is 0 Å². The highest BCUT2D eigenvalue weighted by atomic mass is 16.5. The number of rotatable bonds is 34. The fraction of sp³-hybridized carbons (Fsp3) is 0.950. The molecule has 4 heteroatoms. The van der Waals surface area contributed by atoms with Crippen LogP contribution in [0.3, 0.4) is 0 Å². The molecule has 0 aliphatic heterocycles. The second-order valence-corrected chi connectivity index (χ2v) is 13.8.